The number of piperidine rings is 1. The van der Waals surface area contributed by atoms with Crippen molar-refractivity contribution in [3.8, 4) is 0 Å². The van der Waals surface area contributed by atoms with Gasteiger partial charge in [0.2, 0.25) is 5.91 Å². The molecule has 3 heterocycles. The molecular formula is C20H29N3O2. The molecule has 3 aliphatic rings. The van der Waals surface area contributed by atoms with E-state index in [4.69, 9.17) is 4.74 Å². The van der Waals surface area contributed by atoms with Crippen LogP contribution < -0.4 is 0 Å². The molecule has 0 N–H and O–H groups in total. The molecule has 1 aliphatic carbocycles. The predicted octanol–water partition coefficient (Wildman–Crippen LogP) is 2.61. The summed E-state index contributed by atoms with van der Waals surface area (Å²) in [5, 5.41) is 0. The number of likely N-dealkylation sites (tertiary alicyclic amines) is 1. The Labute approximate surface area is 150 Å². The third kappa shape index (κ3) is 3.72. The lowest BCUT2D eigenvalue weighted by Gasteiger charge is -2.46. The van der Waals surface area contributed by atoms with Gasteiger partial charge < -0.3 is 9.64 Å². The topological polar surface area (TPSA) is 45.7 Å². The smallest absolute Gasteiger partial charge is 0.240 e. The number of hydrogen-bond acceptors (Lipinski definition) is 4. The summed E-state index contributed by atoms with van der Waals surface area (Å²) in [7, 11) is 0. The van der Waals surface area contributed by atoms with Crippen LogP contribution in [0.5, 0.6) is 0 Å². The highest BCUT2D eigenvalue weighted by molar-refractivity contribution is 5.82. The summed E-state index contributed by atoms with van der Waals surface area (Å²) in [6.45, 7) is 3.32. The van der Waals surface area contributed by atoms with E-state index in [2.05, 4.69) is 26.9 Å². The second kappa shape index (κ2) is 7.83. The number of pyridine rings is 1. The van der Waals surface area contributed by atoms with Crippen LogP contribution in [0.4, 0.5) is 0 Å². The number of nitrogens with zero attached hydrogens (tertiary/aromatic N) is 3. The van der Waals surface area contributed by atoms with E-state index in [1.54, 1.807) is 0 Å². The van der Waals surface area contributed by atoms with Gasteiger partial charge in [-0.1, -0.05) is 19.3 Å². The molecule has 3 atom stereocenters. The molecule has 0 radical (unpaired) electrons. The van der Waals surface area contributed by atoms with Gasteiger partial charge in [0.05, 0.1) is 24.8 Å². The predicted molar refractivity (Wildman–Crippen MR) is 96.0 cm³/mol. The maximum atomic E-state index is 13.4. The van der Waals surface area contributed by atoms with Crippen LogP contribution in [0, 0.1) is 0 Å². The molecule has 1 aromatic rings. The normalized spacial score (nSPS) is 30.7. The first-order chi connectivity index (χ1) is 12.3. The van der Waals surface area contributed by atoms with Gasteiger partial charge in [0.15, 0.2) is 0 Å². The second-order valence-electron chi connectivity index (χ2n) is 7.63. The fraction of sp³-hybridized carbons (Fsp3) is 0.700. The summed E-state index contributed by atoms with van der Waals surface area (Å²) < 4.78 is 5.96. The molecule has 2 saturated heterocycles. The maximum absolute atomic E-state index is 13.4. The highest BCUT2D eigenvalue weighted by Gasteiger charge is 2.40. The van der Waals surface area contributed by atoms with E-state index in [0.717, 1.165) is 45.3 Å². The highest BCUT2D eigenvalue weighted by atomic mass is 16.5. The fourth-order valence-electron chi connectivity index (χ4n) is 4.74. The summed E-state index contributed by atoms with van der Waals surface area (Å²) in [5.41, 5.74) is 1.24. The van der Waals surface area contributed by atoms with Crippen molar-refractivity contribution in [3.63, 3.8) is 0 Å². The Kier molecular flexibility index (Phi) is 5.32. The molecule has 5 nitrogen and oxygen atoms in total. The number of fused-ring (bicyclic) bond motifs is 1. The standard InChI is InChI=1S/C20H29N3O2/c24-20(23-13-14-25-19-7-2-1-5-17(19)23)18-6-3-4-12-22(18)15-16-8-10-21-11-9-16/h8-11,17-19H,1-7,12-15H2/t17-,18-,19-/m0/s1. The number of aromatic nitrogens is 1. The number of rotatable bonds is 3. The van der Waals surface area contributed by atoms with Crippen molar-refractivity contribution in [2.75, 3.05) is 19.7 Å². The third-order valence-corrected chi connectivity index (χ3v) is 6.05. The first-order valence-corrected chi connectivity index (χ1v) is 9.88. The Morgan fingerprint density at radius 1 is 1.08 bits per heavy atom. The molecule has 1 amide bonds. The Hall–Kier alpha value is -1.46. The monoisotopic (exact) mass is 343 g/mol. The molecule has 0 spiro atoms. The number of carbonyl (C=O) groups is 1. The summed E-state index contributed by atoms with van der Waals surface area (Å²) in [6, 6.07) is 4.45. The van der Waals surface area contributed by atoms with E-state index < -0.39 is 0 Å². The number of hydrogen-bond donors (Lipinski definition) is 0. The van der Waals surface area contributed by atoms with Crippen molar-refractivity contribution in [2.24, 2.45) is 0 Å². The van der Waals surface area contributed by atoms with Gasteiger partial charge in [-0.2, -0.15) is 0 Å². The number of amides is 1. The van der Waals surface area contributed by atoms with Gasteiger partial charge in [0, 0.05) is 25.5 Å². The van der Waals surface area contributed by atoms with Gasteiger partial charge in [0.1, 0.15) is 0 Å². The van der Waals surface area contributed by atoms with Gasteiger partial charge in [-0.3, -0.25) is 14.7 Å². The largest absolute Gasteiger partial charge is 0.374 e. The minimum Gasteiger partial charge on any atom is -0.374 e. The van der Waals surface area contributed by atoms with Crippen LogP contribution in [0.3, 0.4) is 0 Å². The first-order valence-electron chi connectivity index (χ1n) is 9.88. The summed E-state index contributed by atoms with van der Waals surface area (Å²) in [4.78, 5) is 22.1. The first kappa shape index (κ1) is 17.0. The van der Waals surface area contributed by atoms with Crippen LogP contribution in [0.2, 0.25) is 0 Å². The average molecular weight is 343 g/mol. The molecule has 5 heteroatoms. The Bertz CT molecular complexity index is 578. The van der Waals surface area contributed by atoms with Crippen molar-refractivity contribution in [3.05, 3.63) is 30.1 Å². The summed E-state index contributed by atoms with van der Waals surface area (Å²) in [6.07, 6.45) is 11.9. The SMILES string of the molecule is O=C([C@@H]1CCCCN1Cc1ccncc1)N1CCO[C@H]2CCCC[C@@H]21. The van der Waals surface area contributed by atoms with E-state index in [1.165, 1.54) is 24.8 Å². The molecule has 1 aromatic heterocycles. The van der Waals surface area contributed by atoms with Crippen LogP contribution >= 0.6 is 0 Å². The van der Waals surface area contributed by atoms with Gasteiger partial charge in [-0.25, -0.2) is 0 Å². The zero-order valence-electron chi connectivity index (χ0n) is 15.0. The molecule has 3 fully saturated rings. The molecule has 4 rings (SSSR count). The molecule has 0 bridgehead atoms. The maximum Gasteiger partial charge on any atom is 0.240 e. The molecule has 136 valence electrons. The van der Waals surface area contributed by atoms with Gasteiger partial charge in [-0.15, -0.1) is 0 Å². The molecular weight excluding hydrogens is 314 g/mol. The zero-order valence-corrected chi connectivity index (χ0v) is 15.0. The fourth-order valence-corrected chi connectivity index (χ4v) is 4.74. The van der Waals surface area contributed by atoms with E-state index in [9.17, 15) is 4.79 Å². The van der Waals surface area contributed by atoms with E-state index >= 15 is 0 Å². The van der Waals surface area contributed by atoms with E-state index in [0.29, 0.717) is 18.6 Å². The summed E-state index contributed by atoms with van der Waals surface area (Å²) >= 11 is 0. The van der Waals surface area contributed by atoms with Crippen LogP contribution in [0.1, 0.15) is 50.5 Å². The van der Waals surface area contributed by atoms with Crippen molar-refractivity contribution >= 4 is 5.91 Å². The molecule has 25 heavy (non-hydrogen) atoms. The van der Waals surface area contributed by atoms with Gasteiger partial charge >= 0.3 is 0 Å². The Morgan fingerprint density at radius 2 is 1.88 bits per heavy atom. The van der Waals surface area contributed by atoms with Crippen molar-refractivity contribution in [2.45, 2.75) is 69.7 Å². The van der Waals surface area contributed by atoms with E-state index in [-0.39, 0.29) is 12.1 Å². The minimum absolute atomic E-state index is 0.0302. The summed E-state index contributed by atoms with van der Waals surface area (Å²) in [5.74, 6) is 0.342. The van der Waals surface area contributed by atoms with Crippen molar-refractivity contribution < 1.29 is 9.53 Å². The number of ether oxygens (including phenoxy) is 1. The quantitative estimate of drug-likeness (QED) is 0.846. The lowest BCUT2D eigenvalue weighted by Crippen LogP contribution is -2.60. The van der Waals surface area contributed by atoms with Crippen LogP contribution in [-0.4, -0.2) is 58.6 Å². The minimum atomic E-state index is 0.0302. The molecule has 2 aliphatic heterocycles. The third-order valence-electron chi connectivity index (χ3n) is 6.05. The van der Waals surface area contributed by atoms with Crippen molar-refractivity contribution in [1.29, 1.82) is 0 Å². The van der Waals surface area contributed by atoms with Crippen molar-refractivity contribution in [1.82, 2.24) is 14.8 Å². The molecule has 0 unspecified atom stereocenters. The van der Waals surface area contributed by atoms with Gasteiger partial charge in [0.25, 0.3) is 0 Å². The Morgan fingerprint density at radius 3 is 2.76 bits per heavy atom. The van der Waals surface area contributed by atoms with Crippen LogP contribution in [-0.2, 0) is 16.1 Å². The molecule has 0 aromatic carbocycles. The van der Waals surface area contributed by atoms with Crippen LogP contribution in [0.25, 0.3) is 0 Å². The number of carbonyl (C=O) groups excluding carboxylic acids is 1. The van der Waals surface area contributed by atoms with Gasteiger partial charge in [-0.05, 0) is 49.9 Å². The van der Waals surface area contributed by atoms with E-state index in [1.807, 2.05) is 12.4 Å². The highest BCUT2D eigenvalue weighted by Crippen LogP contribution is 2.30. The lowest BCUT2D eigenvalue weighted by atomic mass is 9.89. The average Bonchev–Trinajstić information content (AvgIpc) is 2.68. The molecule has 1 saturated carbocycles. The second-order valence-corrected chi connectivity index (χ2v) is 7.63. The zero-order chi connectivity index (χ0) is 17.1. The van der Waals surface area contributed by atoms with Crippen LogP contribution in [0.15, 0.2) is 24.5 Å². The number of morpholine rings is 1. The Balaban J connectivity index is 1.48. The lowest BCUT2D eigenvalue weighted by molar-refractivity contribution is -0.156.